The Morgan fingerprint density at radius 2 is 2.12 bits per heavy atom. The number of fused-ring (bicyclic) bond motifs is 1. The Morgan fingerprint density at radius 1 is 1.38 bits per heavy atom. The maximum atomic E-state index is 6.11. The van der Waals surface area contributed by atoms with Crippen molar-refractivity contribution in [1.29, 1.82) is 0 Å². The first-order valence-electron chi connectivity index (χ1n) is 5.19. The molecule has 3 N–H and O–H groups in total. The number of pyridine rings is 1. The van der Waals surface area contributed by atoms with Crippen LogP contribution in [0.3, 0.4) is 0 Å². The normalized spacial score (nSPS) is 11.1. The van der Waals surface area contributed by atoms with E-state index in [-0.39, 0.29) is 0 Å². The number of nitrogen functional groups attached to an aromatic ring is 1. The molecule has 0 atom stereocenters. The first kappa shape index (κ1) is 11.2. The van der Waals surface area contributed by atoms with Gasteiger partial charge in [0.1, 0.15) is 0 Å². The summed E-state index contributed by atoms with van der Waals surface area (Å²) in [5.41, 5.74) is 5.36. The van der Waals surface area contributed by atoms with Crippen LogP contribution in [-0.4, -0.2) is 4.98 Å². The summed E-state index contributed by atoms with van der Waals surface area (Å²) < 4.78 is 0. The molecule has 0 radical (unpaired) electrons. The molecule has 4 heteroatoms. The fraction of sp³-hybridized carbons (Fsp3) is 0.250. The molecule has 84 valence electrons. The van der Waals surface area contributed by atoms with Gasteiger partial charge in [-0.25, -0.2) is 0 Å². The van der Waals surface area contributed by atoms with E-state index in [9.17, 15) is 0 Å². The van der Waals surface area contributed by atoms with Crippen LogP contribution < -0.4 is 11.3 Å². The van der Waals surface area contributed by atoms with Crippen molar-refractivity contribution in [2.75, 3.05) is 5.43 Å². The van der Waals surface area contributed by atoms with Crippen molar-refractivity contribution >= 4 is 28.2 Å². The Bertz CT molecular complexity index is 523. The van der Waals surface area contributed by atoms with Gasteiger partial charge in [0.15, 0.2) is 0 Å². The highest BCUT2D eigenvalue weighted by atomic mass is 35.5. The van der Waals surface area contributed by atoms with Crippen LogP contribution >= 0.6 is 11.6 Å². The third-order valence-electron chi connectivity index (χ3n) is 2.54. The topological polar surface area (TPSA) is 50.9 Å². The summed E-state index contributed by atoms with van der Waals surface area (Å²) in [6, 6.07) is 7.64. The number of nitrogens with two attached hydrogens (primary N) is 1. The molecule has 1 aromatic heterocycles. The largest absolute Gasteiger partial charge is 0.322 e. The Morgan fingerprint density at radius 3 is 2.75 bits per heavy atom. The first-order chi connectivity index (χ1) is 7.63. The quantitative estimate of drug-likeness (QED) is 0.620. The van der Waals surface area contributed by atoms with E-state index in [4.69, 9.17) is 17.4 Å². The van der Waals surface area contributed by atoms with E-state index in [0.29, 0.717) is 10.9 Å². The summed E-state index contributed by atoms with van der Waals surface area (Å²) >= 11 is 6.11. The minimum absolute atomic E-state index is 0.314. The van der Waals surface area contributed by atoms with Crippen molar-refractivity contribution in [1.82, 2.24) is 4.98 Å². The monoisotopic (exact) mass is 235 g/mol. The van der Waals surface area contributed by atoms with Gasteiger partial charge in [-0.05, 0) is 24.1 Å². The molecule has 0 aliphatic heterocycles. The summed E-state index contributed by atoms with van der Waals surface area (Å²) in [6.45, 7) is 4.17. The SMILES string of the molecule is CC(C)c1nc2cccc(Cl)c2cc1NN. The van der Waals surface area contributed by atoms with Crippen molar-refractivity contribution in [3.8, 4) is 0 Å². The molecule has 0 fully saturated rings. The van der Waals surface area contributed by atoms with Crippen LogP contribution in [0, 0.1) is 0 Å². The maximum absolute atomic E-state index is 6.11. The first-order valence-corrected chi connectivity index (χ1v) is 5.57. The summed E-state index contributed by atoms with van der Waals surface area (Å²) in [7, 11) is 0. The number of hydrogen-bond acceptors (Lipinski definition) is 3. The van der Waals surface area contributed by atoms with Gasteiger partial charge in [0.25, 0.3) is 0 Å². The van der Waals surface area contributed by atoms with Gasteiger partial charge in [-0.3, -0.25) is 10.8 Å². The fourth-order valence-corrected chi connectivity index (χ4v) is 1.95. The van der Waals surface area contributed by atoms with Gasteiger partial charge in [-0.1, -0.05) is 31.5 Å². The van der Waals surface area contributed by atoms with Crippen molar-refractivity contribution in [3.05, 3.63) is 35.0 Å². The molecule has 1 aromatic carbocycles. The minimum atomic E-state index is 0.314. The molecule has 3 nitrogen and oxygen atoms in total. The number of halogens is 1. The van der Waals surface area contributed by atoms with Crippen LogP contribution in [0.2, 0.25) is 5.02 Å². The van der Waals surface area contributed by atoms with Crippen LogP contribution in [0.1, 0.15) is 25.5 Å². The van der Waals surface area contributed by atoms with Crippen LogP contribution in [-0.2, 0) is 0 Å². The average molecular weight is 236 g/mol. The lowest BCUT2D eigenvalue weighted by Crippen LogP contribution is -2.11. The van der Waals surface area contributed by atoms with Gasteiger partial charge in [-0.2, -0.15) is 0 Å². The van der Waals surface area contributed by atoms with E-state index in [2.05, 4.69) is 24.3 Å². The van der Waals surface area contributed by atoms with Gasteiger partial charge < -0.3 is 5.43 Å². The molecule has 2 rings (SSSR count). The second kappa shape index (κ2) is 4.28. The lowest BCUT2D eigenvalue weighted by atomic mass is 10.1. The highest BCUT2D eigenvalue weighted by Crippen LogP contribution is 2.29. The number of benzene rings is 1. The van der Waals surface area contributed by atoms with Gasteiger partial charge in [0.2, 0.25) is 0 Å². The van der Waals surface area contributed by atoms with Crippen LogP contribution in [0.5, 0.6) is 0 Å². The number of rotatable bonds is 2. The summed E-state index contributed by atoms with van der Waals surface area (Å²) in [6.07, 6.45) is 0. The molecule has 0 amide bonds. The second-order valence-corrected chi connectivity index (χ2v) is 4.43. The zero-order valence-corrected chi connectivity index (χ0v) is 10.0. The van der Waals surface area contributed by atoms with Crippen molar-refractivity contribution in [3.63, 3.8) is 0 Å². The lowest BCUT2D eigenvalue weighted by Gasteiger charge is -2.13. The number of aromatic nitrogens is 1. The standard InChI is InChI=1S/C12H14ClN3/c1-7(2)12-11(16-14)6-8-9(13)4-3-5-10(8)15-12/h3-7,16H,14H2,1-2H3. The molecular formula is C12H14ClN3. The molecule has 2 aromatic rings. The number of nitrogens with zero attached hydrogens (tertiary/aromatic N) is 1. The Balaban J connectivity index is 2.75. The van der Waals surface area contributed by atoms with E-state index in [1.54, 1.807) is 0 Å². The Hall–Kier alpha value is -1.32. The van der Waals surface area contributed by atoms with E-state index < -0.39 is 0 Å². The van der Waals surface area contributed by atoms with E-state index >= 15 is 0 Å². The Labute approximate surface area is 99.6 Å². The van der Waals surface area contributed by atoms with Crippen molar-refractivity contribution in [2.45, 2.75) is 19.8 Å². The molecule has 0 aliphatic carbocycles. The smallest absolute Gasteiger partial charge is 0.0722 e. The summed E-state index contributed by atoms with van der Waals surface area (Å²) in [5, 5.41) is 1.61. The number of hydrogen-bond donors (Lipinski definition) is 2. The van der Waals surface area contributed by atoms with Gasteiger partial charge >= 0.3 is 0 Å². The zero-order chi connectivity index (χ0) is 11.7. The van der Waals surface area contributed by atoms with Crippen LogP contribution in [0.4, 0.5) is 5.69 Å². The molecule has 0 aliphatic rings. The zero-order valence-electron chi connectivity index (χ0n) is 9.29. The molecule has 0 unspecified atom stereocenters. The minimum Gasteiger partial charge on any atom is -0.322 e. The lowest BCUT2D eigenvalue weighted by molar-refractivity contribution is 0.831. The summed E-state index contributed by atoms with van der Waals surface area (Å²) in [4.78, 5) is 4.58. The third-order valence-corrected chi connectivity index (χ3v) is 2.87. The van der Waals surface area contributed by atoms with Gasteiger partial charge in [0.05, 0.1) is 21.9 Å². The number of anilines is 1. The predicted molar refractivity (Wildman–Crippen MR) is 68.7 cm³/mol. The third kappa shape index (κ3) is 1.84. The predicted octanol–water partition coefficient (Wildman–Crippen LogP) is 3.30. The molecule has 0 spiro atoms. The average Bonchev–Trinajstić information content (AvgIpc) is 2.28. The van der Waals surface area contributed by atoms with Crippen molar-refractivity contribution in [2.24, 2.45) is 5.84 Å². The Kier molecular flexibility index (Phi) is 2.99. The summed E-state index contributed by atoms with van der Waals surface area (Å²) in [5.74, 6) is 5.81. The molecule has 1 heterocycles. The van der Waals surface area contributed by atoms with Crippen LogP contribution in [0.15, 0.2) is 24.3 Å². The molecule has 0 bridgehead atoms. The van der Waals surface area contributed by atoms with E-state index in [1.165, 1.54) is 0 Å². The highest BCUT2D eigenvalue weighted by molar-refractivity contribution is 6.35. The van der Waals surface area contributed by atoms with Gasteiger partial charge in [0, 0.05) is 5.39 Å². The fourth-order valence-electron chi connectivity index (χ4n) is 1.73. The van der Waals surface area contributed by atoms with E-state index in [1.807, 2.05) is 24.3 Å². The molecule has 0 saturated heterocycles. The second-order valence-electron chi connectivity index (χ2n) is 4.03. The number of nitrogens with one attached hydrogen (secondary N) is 1. The maximum Gasteiger partial charge on any atom is 0.0722 e. The molecule has 0 saturated carbocycles. The van der Waals surface area contributed by atoms with Crippen molar-refractivity contribution < 1.29 is 0 Å². The number of hydrazine groups is 1. The van der Waals surface area contributed by atoms with Crippen LogP contribution in [0.25, 0.3) is 10.9 Å². The highest BCUT2D eigenvalue weighted by Gasteiger charge is 2.10. The van der Waals surface area contributed by atoms with E-state index in [0.717, 1.165) is 22.3 Å². The molecular weight excluding hydrogens is 222 g/mol. The van der Waals surface area contributed by atoms with Gasteiger partial charge in [-0.15, -0.1) is 0 Å². The molecule has 16 heavy (non-hydrogen) atoms.